The van der Waals surface area contributed by atoms with Crippen LogP contribution in [-0.4, -0.2) is 23.9 Å². The number of carbonyl (C=O) groups is 2. The molecule has 6 heteroatoms. The van der Waals surface area contributed by atoms with Crippen molar-refractivity contribution in [2.24, 2.45) is 5.92 Å². The van der Waals surface area contributed by atoms with E-state index in [0.717, 1.165) is 6.54 Å². The summed E-state index contributed by atoms with van der Waals surface area (Å²) in [4.78, 5) is 25.4. The Morgan fingerprint density at radius 3 is 2.67 bits per heavy atom. The van der Waals surface area contributed by atoms with E-state index in [9.17, 15) is 9.59 Å². The van der Waals surface area contributed by atoms with E-state index in [0.29, 0.717) is 31.1 Å². The highest BCUT2D eigenvalue weighted by Crippen LogP contribution is 2.13. The average Bonchev–Trinajstić information content (AvgIpc) is 3.18. The molecule has 6 nitrogen and oxygen atoms in total. The van der Waals surface area contributed by atoms with Crippen molar-refractivity contribution in [3.05, 3.63) is 59.5 Å². The first kappa shape index (κ1) is 19.2. The maximum Gasteiger partial charge on any atom is 0.279 e. The molecule has 3 rings (SSSR count). The topological polar surface area (TPSA) is 88.0 Å². The molecule has 2 heterocycles. The van der Waals surface area contributed by atoms with Crippen LogP contribution >= 0.6 is 0 Å². The van der Waals surface area contributed by atoms with Crippen molar-refractivity contribution < 1.29 is 19.3 Å². The first-order valence-electron chi connectivity index (χ1n) is 9.53. The van der Waals surface area contributed by atoms with Crippen molar-refractivity contribution in [1.29, 1.82) is 0 Å². The number of benzene rings is 1. The van der Waals surface area contributed by atoms with Gasteiger partial charge in [-0.2, -0.15) is 0 Å². The standard InChI is InChI=1S/C21H27N3O3/c1-14(2)10-19(20(25)23-13-17-8-5-9-27-17)24-21(26)18-11-15-6-3-4-7-16(15)12-22-18/h3-9,14,18-19,22H,10-13H2,1-2H3,(H,23,25)(H,24,26)/p+1/t18-,19-/m0/s1. The lowest BCUT2D eigenvalue weighted by Crippen LogP contribution is -2.93. The number of rotatable bonds is 7. The Morgan fingerprint density at radius 2 is 1.96 bits per heavy atom. The summed E-state index contributed by atoms with van der Waals surface area (Å²) in [6, 6.07) is 11.0. The zero-order chi connectivity index (χ0) is 19.2. The molecule has 0 bridgehead atoms. The van der Waals surface area contributed by atoms with Gasteiger partial charge in [0.2, 0.25) is 5.91 Å². The summed E-state index contributed by atoms with van der Waals surface area (Å²) in [6.07, 6.45) is 2.86. The molecule has 2 aromatic rings. The van der Waals surface area contributed by atoms with Gasteiger partial charge in [0.25, 0.3) is 5.91 Å². The molecule has 2 atom stereocenters. The number of nitrogens with one attached hydrogen (secondary N) is 2. The number of quaternary nitrogens is 1. The molecule has 0 saturated heterocycles. The van der Waals surface area contributed by atoms with Crippen LogP contribution in [0, 0.1) is 5.92 Å². The van der Waals surface area contributed by atoms with E-state index in [4.69, 9.17) is 4.42 Å². The van der Waals surface area contributed by atoms with Crippen molar-refractivity contribution >= 4 is 11.8 Å². The van der Waals surface area contributed by atoms with Gasteiger partial charge in [0, 0.05) is 12.0 Å². The minimum Gasteiger partial charge on any atom is -0.467 e. The molecular weight excluding hydrogens is 342 g/mol. The molecule has 27 heavy (non-hydrogen) atoms. The normalized spacial score (nSPS) is 17.2. The van der Waals surface area contributed by atoms with Crippen LogP contribution in [-0.2, 0) is 29.1 Å². The Balaban J connectivity index is 1.60. The predicted molar refractivity (Wildman–Crippen MR) is 102 cm³/mol. The maximum absolute atomic E-state index is 12.8. The first-order chi connectivity index (χ1) is 13.0. The second-order valence-electron chi connectivity index (χ2n) is 7.51. The fraction of sp³-hybridized carbons (Fsp3) is 0.429. The molecule has 0 saturated carbocycles. The van der Waals surface area contributed by atoms with E-state index in [1.807, 2.05) is 37.4 Å². The third-order valence-corrected chi connectivity index (χ3v) is 4.87. The van der Waals surface area contributed by atoms with Crippen LogP contribution in [0.4, 0.5) is 0 Å². The molecule has 0 spiro atoms. The minimum absolute atomic E-state index is 0.0803. The predicted octanol–water partition coefficient (Wildman–Crippen LogP) is 1.12. The monoisotopic (exact) mass is 370 g/mol. The average molecular weight is 370 g/mol. The third kappa shape index (κ3) is 5.20. The van der Waals surface area contributed by atoms with Gasteiger partial charge in [-0.3, -0.25) is 9.59 Å². The maximum atomic E-state index is 12.8. The first-order valence-corrected chi connectivity index (χ1v) is 9.53. The van der Waals surface area contributed by atoms with Gasteiger partial charge in [0.1, 0.15) is 18.3 Å². The number of furan rings is 1. The number of fused-ring (bicyclic) bond motifs is 1. The molecule has 4 N–H and O–H groups in total. The molecule has 0 fully saturated rings. The highest BCUT2D eigenvalue weighted by molar-refractivity contribution is 5.89. The van der Waals surface area contributed by atoms with Crippen LogP contribution in [0.2, 0.25) is 0 Å². The Labute approximate surface area is 159 Å². The fourth-order valence-electron chi connectivity index (χ4n) is 3.44. The smallest absolute Gasteiger partial charge is 0.279 e. The highest BCUT2D eigenvalue weighted by atomic mass is 16.3. The van der Waals surface area contributed by atoms with Crippen LogP contribution in [0.25, 0.3) is 0 Å². The molecule has 1 aliphatic heterocycles. The van der Waals surface area contributed by atoms with Gasteiger partial charge in [-0.25, -0.2) is 0 Å². The third-order valence-electron chi connectivity index (χ3n) is 4.87. The van der Waals surface area contributed by atoms with Crippen LogP contribution in [0.3, 0.4) is 0 Å². The summed E-state index contributed by atoms with van der Waals surface area (Å²) < 4.78 is 5.25. The molecule has 1 aliphatic rings. The van der Waals surface area contributed by atoms with Gasteiger partial charge >= 0.3 is 0 Å². The van der Waals surface area contributed by atoms with E-state index < -0.39 is 6.04 Å². The van der Waals surface area contributed by atoms with E-state index in [2.05, 4.69) is 22.8 Å². The van der Waals surface area contributed by atoms with Gasteiger partial charge < -0.3 is 20.4 Å². The van der Waals surface area contributed by atoms with Crippen molar-refractivity contribution in [2.75, 3.05) is 0 Å². The molecule has 0 radical (unpaired) electrons. The quantitative estimate of drug-likeness (QED) is 0.682. The highest BCUT2D eigenvalue weighted by Gasteiger charge is 2.31. The van der Waals surface area contributed by atoms with E-state index in [-0.39, 0.29) is 17.9 Å². The van der Waals surface area contributed by atoms with Gasteiger partial charge in [-0.15, -0.1) is 0 Å². The summed E-state index contributed by atoms with van der Waals surface area (Å²) in [6.45, 7) is 5.19. The summed E-state index contributed by atoms with van der Waals surface area (Å²) in [5, 5.41) is 7.87. The molecule has 1 aromatic heterocycles. The summed E-state index contributed by atoms with van der Waals surface area (Å²) >= 11 is 0. The second kappa shape index (κ2) is 8.86. The zero-order valence-electron chi connectivity index (χ0n) is 15.9. The van der Waals surface area contributed by atoms with Crippen molar-refractivity contribution in [3.8, 4) is 0 Å². The second-order valence-corrected chi connectivity index (χ2v) is 7.51. The molecule has 0 aliphatic carbocycles. The minimum atomic E-state index is -0.543. The largest absolute Gasteiger partial charge is 0.467 e. The SMILES string of the molecule is CC(C)C[C@H](NC(=O)[C@@H]1Cc2ccccc2C[NH2+]1)C(=O)NCc1ccco1. The summed E-state index contributed by atoms with van der Waals surface area (Å²) in [5.41, 5.74) is 2.49. The van der Waals surface area contributed by atoms with Gasteiger partial charge in [-0.05, 0) is 30.0 Å². The van der Waals surface area contributed by atoms with E-state index >= 15 is 0 Å². The van der Waals surface area contributed by atoms with Crippen LogP contribution < -0.4 is 16.0 Å². The number of nitrogens with two attached hydrogens (primary N) is 1. The van der Waals surface area contributed by atoms with Gasteiger partial charge in [-0.1, -0.05) is 38.1 Å². The van der Waals surface area contributed by atoms with Gasteiger partial charge in [0.15, 0.2) is 6.04 Å². The van der Waals surface area contributed by atoms with E-state index in [1.54, 1.807) is 12.3 Å². The number of amides is 2. The van der Waals surface area contributed by atoms with Crippen LogP contribution in [0.15, 0.2) is 47.1 Å². The molecular formula is C21H28N3O3+. The Morgan fingerprint density at radius 1 is 1.19 bits per heavy atom. The molecule has 144 valence electrons. The number of hydrogen-bond donors (Lipinski definition) is 3. The van der Waals surface area contributed by atoms with Crippen LogP contribution in [0.5, 0.6) is 0 Å². The van der Waals surface area contributed by atoms with Gasteiger partial charge in [0.05, 0.1) is 12.8 Å². The lowest BCUT2D eigenvalue weighted by atomic mass is 9.95. The Kier molecular flexibility index (Phi) is 6.29. The zero-order valence-corrected chi connectivity index (χ0v) is 15.9. The summed E-state index contributed by atoms with van der Waals surface area (Å²) in [5.74, 6) is 0.726. The van der Waals surface area contributed by atoms with Crippen molar-refractivity contribution in [2.45, 2.75) is 51.9 Å². The lowest BCUT2D eigenvalue weighted by molar-refractivity contribution is -0.695. The molecule has 1 aromatic carbocycles. The molecule has 2 amide bonds. The Bertz CT molecular complexity index is 771. The summed E-state index contributed by atoms with van der Waals surface area (Å²) in [7, 11) is 0. The number of carbonyl (C=O) groups excluding carboxylic acids is 2. The fourth-order valence-corrected chi connectivity index (χ4v) is 3.44. The van der Waals surface area contributed by atoms with Crippen molar-refractivity contribution in [1.82, 2.24) is 10.6 Å². The van der Waals surface area contributed by atoms with Crippen molar-refractivity contribution in [3.63, 3.8) is 0 Å². The Hall–Kier alpha value is -2.60. The molecule has 0 unspecified atom stereocenters. The number of hydrogen-bond acceptors (Lipinski definition) is 3. The van der Waals surface area contributed by atoms with E-state index in [1.165, 1.54) is 11.1 Å². The van der Waals surface area contributed by atoms with Crippen LogP contribution in [0.1, 0.15) is 37.2 Å². The lowest BCUT2D eigenvalue weighted by Gasteiger charge is -2.25.